The monoisotopic (exact) mass is 366 g/mol. The molecule has 0 spiro atoms. The fourth-order valence-electron chi connectivity index (χ4n) is 2.11. The first-order valence-corrected chi connectivity index (χ1v) is 7.73. The molecule has 0 aliphatic carbocycles. The Kier molecular flexibility index (Phi) is 6.03. The summed E-state index contributed by atoms with van der Waals surface area (Å²) < 4.78 is 26.0. The fraction of sp³-hybridized carbons (Fsp3) is 0.235. The van der Waals surface area contributed by atoms with Gasteiger partial charge in [0.1, 0.15) is 5.69 Å². The summed E-state index contributed by atoms with van der Waals surface area (Å²) in [4.78, 5) is 17.3. The molecule has 0 aliphatic rings. The maximum atomic E-state index is 13.0. The van der Waals surface area contributed by atoms with Gasteiger partial charge in [-0.1, -0.05) is 17.7 Å². The van der Waals surface area contributed by atoms with Crippen LogP contribution in [0, 0.1) is 5.41 Å². The van der Waals surface area contributed by atoms with Crippen molar-refractivity contribution in [2.45, 2.75) is 6.43 Å². The third-order valence-corrected chi connectivity index (χ3v) is 3.89. The number of hydrogen-bond acceptors (Lipinski definition) is 4. The van der Waals surface area contributed by atoms with E-state index in [4.69, 9.17) is 17.0 Å². The van der Waals surface area contributed by atoms with E-state index in [0.717, 1.165) is 6.21 Å². The Morgan fingerprint density at radius 2 is 2.08 bits per heavy atom. The number of rotatable bonds is 6. The number of anilines is 1. The second-order valence-corrected chi connectivity index (χ2v) is 5.89. The van der Waals surface area contributed by atoms with E-state index in [2.05, 4.69) is 10.3 Å². The van der Waals surface area contributed by atoms with Gasteiger partial charge in [0.05, 0.1) is 12.2 Å². The van der Waals surface area contributed by atoms with Crippen molar-refractivity contribution < 1.29 is 13.6 Å². The maximum Gasteiger partial charge on any atom is 0.265 e. The summed E-state index contributed by atoms with van der Waals surface area (Å²) in [5.41, 5.74) is 1.65. The Morgan fingerprint density at radius 3 is 2.68 bits per heavy atom. The van der Waals surface area contributed by atoms with Gasteiger partial charge in [0.2, 0.25) is 5.91 Å². The summed E-state index contributed by atoms with van der Waals surface area (Å²) in [5, 5.41) is 10.3. The lowest BCUT2D eigenvalue weighted by molar-refractivity contribution is -0.126. The predicted molar refractivity (Wildman–Crippen MR) is 94.7 cm³/mol. The van der Waals surface area contributed by atoms with Crippen LogP contribution in [-0.2, 0) is 4.79 Å². The Labute approximate surface area is 149 Å². The van der Waals surface area contributed by atoms with Crippen LogP contribution in [0.5, 0.6) is 0 Å². The number of likely N-dealkylation sites (N-methyl/N-ethyl adjacent to an activating group) is 1. The van der Waals surface area contributed by atoms with Crippen LogP contribution >= 0.6 is 11.6 Å². The minimum atomic E-state index is -2.68. The van der Waals surface area contributed by atoms with Gasteiger partial charge < -0.3 is 15.6 Å². The molecule has 2 rings (SSSR count). The van der Waals surface area contributed by atoms with E-state index in [0.29, 0.717) is 22.5 Å². The average molecular weight is 367 g/mol. The highest BCUT2D eigenvalue weighted by Gasteiger charge is 2.14. The van der Waals surface area contributed by atoms with Crippen LogP contribution in [0.15, 0.2) is 30.5 Å². The first-order chi connectivity index (χ1) is 11.8. The smallest absolute Gasteiger partial charge is 0.265 e. The van der Waals surface area contributed by atoms with E-state index in [9.17, 15) is 13.6 Å². The van der Waals surface area contributed by atoms with E-state index in [1.807, 2.05) is 0 Å². The number of hydrogen-bond donors (Lipinski definition) is 2. The Balaban J connectivity index is 2.37. The number of carbonyl (C=O) groups is 1. The Hall–Kier alpha value is -2.54. The number of aromatic nitrogens is 1. The van der Waals surface area contributed by atoms with Gasteiger partial charge in [-0.3, -0.25) is 9.78 Å². The molecule has 1 aromatic heterocycles. The van der Waals surface area contributed by atoms with Crippen molar-refractivity contribution in [1.29, 1.82) is 5.41 Å². The highest BCUT2D eigenvalue weighted by atomic mass is 35.5. The molecule has 0 saturated carbocycles. The molecule has 5 nitrogen and oxygen atoms in total. The quantitative estimate of drug-likeness (QED) is 0.763. The zero-order chi connectivity index (χ0) is 18.6. The molecule has 2 N–H and O–H groups in total. The van der Waals surface area contributed by atoms with Crippen LogP contribution in [0.2, 0.25) is 5.02 Å². The van der Waals surface area contributed by atoms with E-state index in [-0.39, 0.29) is 23.0 Å². The standard InChI is InChI=1S/C17H17ClF2N4O/c1-24(2)16(25)9-23-14-6-11(8-22-15(14)7-21)10-3-4-13(18)12(5-10)17(19)20/h3-8,17,21,23H,9H2,1-2H3. The molecule has 1 aromatic carbocycles. The van der Waals surface area contributed by atoms with Gasteiger partial charge in [0.15, 0.2) is 0 Å². The summed E-state index contributed by atoms with van der Waals surface area (Å²) >= 11 is 5.79. The van der Waals surface area contributed by atoms with E-state index in [1.54, 1.807) is 26.2 Å². The number of carbonyl (C=O) groups excluding carboxylic acids is 1. The van der Waals surface area contributed by atoms with Crippen molar-refractivity contribution in [1.82, 2.24) is 9.88 Å². The molecule has 0 fully saturated rings. The number of halogens is 3. The fourth-order valence-corrected chi connectivity index (χ4v) is 2.31. The van der Waals surface area contributed by atoms with E-state index in [1.165, 1.54) is 23.2 Å². The van der Waals surface area contributed by atoms with Crippen LogP contribution < -0.4 is 5.32 Å². The van der Waals surface area contributed by atoms with Gasteiger partial charge in [-0.15, -0.1) is 0 Å². The molecule has 132 valence electrons. The van der Waals surface area contributed by atoms with E-state index >= 15 is 0 Å². The number of benzene rings is 1. The number of nitrogens with zero attached hydrogens (tertiary/aromatic N) is 2. The van der Waals surface area contributed by atoms with Gasteiger partial charge in [-0.05, 0) is 23.8 Å². The second-order valence-electron chi connectivity index (χ2n) is 5.48. The van der Waals surface area contributed by atoms with Crippen LogP contribution in [0.3, 0.4) is 0 Å². The first-order valence-electron chi connectivity index (χ1n) is 7.36. The molecule has 1 heterocycles. The van der Waals surface area contributed by atoms with Gasteiger partial charge in [0.25, 0.3) is 6.43 Å². The number of alkyl halides is 2. The lowest BCUT2D eigenvalue weighted by Crippen LogP contribution is -2.28. The van der Waals surface area contributed by atoms with Gasteiger partial charge >= 0.3 is 0 Å². The van der Waals surface area contributed by atoms with Crippen LogP contribution in [0.1, 0.15) is 17.7 Å². The molecule has 0 saturated heterocycles. The Bertz CT molecular complexity index is 796. The predicted octanol–water partition coefficient (Wildman–Crippen LogP) is 3.84. The highest BCUT2D eigenvalue weighted by Crippen LogP contribution is 2.32. The highest BCUT2D eigenvalue weighted by molar-refractivity contribution is 6.31. The third kappa shape index (κ3) is 4.51. The second kappa shape index (κ2) is 8.02. The lowest BCUT2D eigenvalue weighted by atomic mass is 10.0. The zero-order valence-corrected chi connectivity index (χ0v) is 14.4. The first kappa shape index (κ1) is 18.8. The molecule has 0 atom stereocenters. The molecule has 25 heavy (non-hydrogen) atoms. The van der Waals surface area contributed by atoms with Crippen molar-refractivity contribution in [3.63, 3.8) is 0 Å². The summed E-state index contributed by atoms with van der Waals surface area (Å²) in [7, 11) is 3.27. The van der Waals surface area contributed by atoms with Gasteiger partial charge in [0, 0.05) is 42.7 Å². The molecule has 8 heteroatoms. The number of pyridine rings is 1. The normalized spacial score (nSPS) is 10.6. The topological polar surface area (TPSA) is 69.1 Å². The van der Waals surface area contributed by atoms with Crippen LogP contribution in [-0.4, -0.2) is 42.6 Å². The van der Waals surface area contributed by atoms with Crippen LogP contribution in [0.25, 0.3) is 11.1 Å². The molecular weight excluding hydrogens is 350 g/mol. The molecule has 0 bridgehead atoms. The summed E-state index contributed by atoms with van der Waals surface area (Å²) in [6.45, 7) is 0.0296. The number of amides is 1. The van der Waals surface area contributed by atoms with Crippen molar-refractivity contribution in [2.75, 3.05) is 26.0 Å². The molecular formula is C17H17ClF2N4O. The van der Waals surface area contributed by atoms with Crippen molar-refractivity contribution in [3.05, 3.63) is 46.7 Å². The van der Waals surface area contributed by atoms with Crippen LogP contribution in [0.4, 0.5) is 14.5 Å². The zero-order valence-electron chi connectivity index (χ0n) is 13.7. The van der Waals surface area contributed by atoms with Gasteiger partial charge in [-0.2, -0.15) is 0 Å². The molecule has 0 radical (unpaired) electrons. The molecule has 0 unspecified atom stereocenters. The lowest BCUT2D eigenvalue weighted by Gasteiger charge is -2.14. The summed E-state index contributed by atoms with van der Waals surface area (Å²) in [6, 6.07) is 5.99. The SMILES string of the molecule is CN(C)C(=O)CNc1cc(-c2ccc(Cl)c(C(F)F)c2)cnc1C=N. The largest absolute Gasteiger partial charge is 0.374 e. The molecule has 2 aromatic rings. The van der Waals surface area contributed by atoms with Crippen molar-refractivity contribution in [3.8, 4) is 11.1 Å². The average Bonchev–Trinajstić information content (AvgIpc) is 2.59. The van der Waals surface area contributed by atoms with Crippen molar-refractivity contribution in [2.24, 2.45) is 0 Å². The minimum absolute atomic E-state index is 0.00208. The molecule has 1 amide bonds. The molecule has 0 aliphatic heterocycles. The third-order valence-electron chi connectivity index (χ3n) is 3.55. The maximum absolute atomic E-state index is 13.0. The summed E-state index contributed by atoms with van der Waals surface area (Å²) in [6.07, 6.45) is -0.146. The van der Waals surface area contributed by atoms with Crippen molar-refractivity contribution >= 4 is 29.4 Å². The van der Waals surface area contributed by atoms with Gasteiger partial charge in [-0.25, -0.2) is 8.78 Å². The summed E-state index contributed by atoms with van der Waals surface area (Å²) in [5.74, 6) is -0.146. The number of nitrogens with one attached hydrogen (secondary N) is 2. The van der Waals surface area contributed by atoms with E-state index < -0.39 is 6.43 Å². The Morgan fingerprint density at radius 1 is 1.36 bits per heavy atom. The minimum Gasteiger partial charge on any atom is -0.374 e.